The summed E-state index contributed by atoms with van der Waals surface area (Å²) in [6.07, 6.45) is 0. The summed E-state index contributed by atoms with van der Waals surface area (Å²) in [5, 5.41) is 4.33. The van der Waals surface area contributed by atoms with Crippen molar-refractivity contribution in [3.05, 3.63) is 22.4 Å². The van der Waals surface area contributed by atoms with E-state index in [1.165, 1.54) is 28.0 Å². The van der Waals surface area contributed by atoms with Crippen LogP contribution in [0.2, 0.25) is 0 Å². The summed E-state index contributed by atoms with van der Waals surface area (Å²) >= 11 is 7.58. The number of thiocarbonyl (C=S) groups is 1. The average molecular weight is 344 g/mol. The number of nitrogens with one attached hydrogen (secondary N) is 1. The van der Waals surface area contributed by atoms with Crippen LogP contribution < -0.4 is 5.32 Å². The number of amides is 2. The Balaban J connectivity index is 1.65. The second-order valence-electron chi connectivity index (χ2n) is 4.00. The molecule has 21 heavy (non-hydrogen) atoms. The van der Waals surface area contributed by atoms with Crippen molar-refractivity contribution in [1.82, 2.24) is 10.2 Å². The van der Waals surface area contributed by atoms with E-state index in [1.54, 1.807) is 17.5 Å². The van der Waals surface area contributed by atoms with Crippen molar-refractivity contribution >= 4 is 57.4 Å². The van der Waals surface area contributed by atoms with E-state index in [4.69, 9.17) is 17.0 Å². The van der Waals surface area contributed by atoms with E-state index >= 15 is 0 Å². The molecule has 2 amide bonds. The third-order valence-corrected chi connectivity index (χ3v) is 4.84. The molecule has 0 aliphatic carbocycles. The largest absolute Gasteiger partial charge is 0.451 e. The molecule has 9 heteroatoms. The molecule has 0 unspecified atom stereocenters. The van der Waals surface area contributed by atoms with Crippen LogP contribution >= 0.6 is 35.3 Å². The summed E-state index contributed by atoms with van der Waals surface area (Å²) in [5.41, 5.74) is 0. The van der Waals surface area contributed by atoms with Gasteiger partial charge in [0.15, 0.2) is 6.61 Å². The van der Waals surface area contributed by atoms with Crippen molar-refractivity contribution in [1.29, 1.82) is 0 Å². The van der Waals surface area contributed by atoms with Crippen molar-refractivity contribution in [3.8, 4) is 0 Å². The molecule has 1 aliphatic rings. The van der Waals surface area contributed by atoms with Gasteiger partial charge in [-0.15, -0.1) is 11.3 Å². The zero-order valence-electron chi connectivity index (χ0n) is 10.9. The van der Waals surface area contributed by atoms with Crippen molar-refractivity contribution in [3.63, 3.8) is 0 Å². The van der Waals surface area contributed by atoms with Crippen LogP contribution in [0, 0.1) is 0 Å². The van der Waals surface area contributed by atoms with Gasteiger partial charge in [0.25, 0.3) is 5.91 Å². The molecule has 1 fully saturated rings. The lowest BCUT2D eigenvalue weighted by atomic mass is 10.5. The number of thiophene rings is 1. The van der Waals surface area contributed by atoms with Gasteiger partial charge in [-0.05, 0) is 11.4 Å². The molecule has 1 aromatic heterocycles. The van der Waals surface area contributed by atoms with Gasteiger partial charge < -0.3 is 10.1 Å². The highest BCUT2D eigenvalue weighted by Gasteiger charge is 2.25. The van der Waals surface area contributed by atoms with Crippen LogP contribution in [0.3, 0.4) is 0 Å². The smallest absolute Gasteiger partial charge is 0.348 e. The zero-order chi connectivity index (χ0) is 15.2. The molecule has 1 aromatic rings. The topological polar surface area (TPSA) is 75.7 Å². The lowest BCUT2D eigenvalue weighted by Gasteiger charge is -2.14. The molecule has 2 heterocycles. The third-order valence-electron chi connectivity index (χ3n) is 2.55. The summed E-state index contributed by atoms with van der Waals surface area (Å²) in [6, 6.07) is 3.36. The number of carbonyl (C=O) groups excluding carboxylic acids is 3. The van der Waals surface area contributed by atoms with Crippen LogP contribution in [0.5, 0.6) is 0 Å². The number of thioether (sulfide) groups is 1. The molecular formula is C12H12N2O4S3. The number of rotatable bonds is 6. The first-order valence-corrected chi connectivity index (χ1v) is 8.29. The Hall–Kier alpha value is -1.45. The molecule has 0 atom stereocenters. The highest BCUT2D eigenvalue weighted by atomic mass is 32.2. The second-order valence-corrected chi connectivity index (χ2v) is 6.56. The average Bonchev–Trinajstić information content (AvgIpc) is 3.09. The maximum absolute atomic E-state index is 11.5. The molecule has 1 N–H and O–H groups in total. The minimum Gasteiger partial charge on any atom is -0.451 e. The maximum atomic E-state index is 11.5. The predicted molar refractivity (Wildman–Crippen MR) is 84.4 cm³/mol. The number of nitrogens with zero attached hydrogens (tertiary/aromatic N) is 1. The second kappa shape index (κ2) is 7.53. The molecule has 0 spiro atoms. The van der Waals surface area contributed by atoms with E-state index in [1.807, 2.05) is 0 Å². The van der Waals surface area contributed by atoms with Gasteiger partial charge in [-0.3, -0.25) is 14.5 Å². The first kappa shape index (κ1) is 15.9. The SMILES string of the molecule is O=C(COC(=O)c1cccs1)NCCN1C(=O)CSC1=S. The number of esters is 1. The van der Waals surface area contributed by atoms with Gasteiger partial charge in [0.2, 0.25) is 5.91 Å². The summed E-state index contributed by atoms with van der Waals surface area (Å²) < 4.78 is 5.39. The summed E-state index contributed by atoms with van der Waals surface area (Å²) in [7, 11) is 0. The third kappa shape index (κ3) is 4.51. The molecule has 0 aromatic carbocycles. The first-order chi connectivity index (χ1) is 10.1. The van der Waals surface area contributed by atoms with Crippen molar-refractivity contribution in [2.75, 3.05) is 25.4 Å². The molecule has 0 saturated carbocycles. The standard InChI is InChI=1S/C12H12N2O4S3/c15-9(6-18-11(17)8-2-1-5-20-8)13-3-4-14-10(16)7-21-12(14)19/h1-2,5H,3-4,6-7H2,(H,13,15). The molecule has 112 valence electrons. The number of hydrogen-bond donors (Lipinski definition) is 1. The van der Waals surface area contributed by atoms with Crippen LogP contribution in [-0.2, 0) is 14.3 Å². The lowest BCUT2D eigenvalue weighted by molar-refractivity contribution is -0.126. The lowest BCUT2D eigenvalue weighted by Crippen LogP contribution is -2.38. The highest BCUT2D eigenvalue weighted by Crippen LogP contribution is 2.18. The molecule has 6 nitrogen and oxygen atoms in total. The fourth-order valence-electron chi connectivity index (χ4n) is 1.55. The zero-order valence-corrected chi connectivity index (χ0v) is 13.3. The summed E-state index contributed by atoms with van der Waals surface area (Å²) in [6.45, 7) is 0.251. The van der Waals surface area contributed by atoms with Crippen molar-refractivity contribution in [2.24, 2.45) is 0 Å². The normalized spacial score (nSPS) is 14.4. The van der Waals surface area contributed by atoms with Crippen LogP contribution in [0.15, 0.2) is 17.5 Å². The minimum atomic E-state index is -0.521. The predicted octanol–water partition coefficient (Wildman–Crippen LogP) is 0.881. The molecule has 1 aliphatic heterocycles. The Morgan fingerprint density at radius 3 is 2.90 bits per heavy atom. The van der Waals surface area contributed by atoms with Crippen LogP contribution in [0.25, 0.3) is 0 Å². The molecular weight excluding hydrogens is 332 g/mol. The van der Waals surface area contributed by atoms with Crippen LogP contribution in [-0.4, -0.2) is 52.5 Å². The maximum Gasteiger partial charge on any atom is 0.348 e. The van der Waals surface area contributed by atoms with E-state index in [0.717, 1.165) is 0 Å². The number of hydrogen-bond acceptors (Lipinski definition) is 7. The number of carbonyl (C=O) groups is 3. The minimum absolute atomic E-state index is 0.0524. The quantitative estimate of drug-likeness (QED) is 0.610. The Morgan fingerprint density at radius 2 is 2.29 bits per heavy atom. The van der Waals surface area contributed by atoms with E-state index in [0.29, 0.717) is 21.5 Å². The van der Waals surface area contributed by atoms with Gasteiger partial charge in [-0.1, -0.05) is 30.0 Å². The van der Waals surface area contributed by atoms with E-state index < -0.39 is 11.9 Å². The fraction of sp³-hybridized carbons (Fsp3) is 0.333. The molecule has 1 saturated heterocycles. The molecule has 0 radical (unpaired) electrons. The van der Waals surface area contributed by atoms with E-state index in [2.05, 4.69) is 5.32 Å². The Bertz CT molecular complexity index is 543. The van der Waals surface area contributed by atoms with E-state index in [-0.39, 0.29) is 19.1 Å². The highest BCUT2D eigenvalue weighted by molar-refractivity contribution is 8.23. The van der Waals surface area contributed by atoms with Crippen molar-refractivity contribution in [2.45, 2.75) is 0 Å². The van der Waals surface area contributed by atoms with Gasteiger partial charge in [-0.2, -0.15) is 0 Å². The monoisotopic (exact) mass is 344 g/mol. The molecule has 0 bridgehead atoms. The van der Waals surface area contributed by atoms with Crippen LogP contribution in [0.4, 0.5) is 0 Å². The molecule has 2 rings (SSSR count). The van der Waals surface area contributed by atoms with Crippen LogP contribution in [0.1, 0.15) is 9.67 Å². The van der Waals surface area contributed by atoms with Gasteiger partial charge in [0.1, 0.15) is 9.20 Å². The Kier molecular flexibility index (Phi) is 5.71. The van der Waals surface area contributed by atoms with Gasteiger partial charge in [-0.25, -0.2) is 4.79 Å². The Labute approximate surface area is 134 Å². The number of ether oxygens (including phenoxy) is 1. The van der Waals surface area contributed by atoms with Crippen molar-refractivity contribution < 1.29 is 19.1 Å². The van der Waals surface area contributed by atoms with Gasteiger partial charge >= 0.3 is 5.97 Å². The Morgan fingerprint density at radius 1 is 1.48 bits per heavy atom. The summed E-state index contributed by atoms with van der Waals surface area (Å²) in [4.78, 5) is 36.4. The van der Waals surface area contributed by atoms with Gasteiger partial charge in [0.05, 0.1) is 5.75 Å². The van der Waals surface area contributed by atoms with E-state index in [9.17, 15) is 14.4 Å². The van der Waals surface area contributed by atoms with Gasteiger partial charge in [0, 0.05) is 13.1 Å². The fourth-order valence-corrected chi connectivity index (χ4v) is 3.29. The summed E-state index contributed by atoms with van der Waals surface area (Å²) in [5.74, 6) is -0.633. The first-order valence-electron chi connectivity index (χ1n) is 6.02.